The summed E-state index contributed by atoms with van der Waals surface area (Å²) >= 11 is 12.7. The molecule has 108 valence electrons. The molecule has 2 atom stereocenters. The fourth-order valence-electron chi connectivity index (χ4n) is 1.86. The Labute approximate surface area is 125 Å². The Hall–Kier alpha value is 0.110. The molecule has 0 bridgehead atoms. The molecule has 1 fully saturated rings. The normalized spacial score (nSPS) is 25.7. The van der Waals surface area contributed by atoms with E-state index in [0.717, 1.165) is 11.3 Å². The maximum atomic E-state index is 12.5. The number of hydrogen-bond acceptors (Lipinski definition) is 5. The number of halogens is 2. The Morgan fingerprint density at radius 2 is 2.26 bits per heavy atom. The number of sulfonamides is 1. The van der Waals surface area contributed by atoms with Gasteiger partial charge in [0.25, 0.3) is 0 Å². The van der Waals surface area contributed by atoms with Crippen molar-refractivity contribution >= 4 is 44.6 Å². The zero-order valence-corrected chi connectivity index (χ0v) is 13.2. The maximum absolute atomic E-state index is 12.5. The third kappa shape index (κ3) is 3.07. The molecule has 19 heavy (non-hydrogen) atoms. The SMILES string of the molecule is CC1COC(CO)CN1S(=O)(=O)c1cc(Cl)sc1Cl. The third-order valence-electron chi connectivity index (χ3n) is 2.86. The first-order valence-electron chi connectivity index (χ1n) is 5.55. The van der Waals surface area contributed by atoms with Gasteiger partial charge in [-0.15, -0.1) is 11.3 Å². The van der Waals surface area contributed by atoms with Crippen LogP contribution in [0.4, 0.5) is 0 Å². The lowest BCUT2D eigenvalue weighted by Crippen LogP contribution is -2.51. The third-order valence-corrected chi connectivity index (χ3v) is 6.60. The van der Waals surface area contributed by atoms with Crippen LogP contribution in [0.2, 0.25) is 8.67 Å². The summed E-state index contributed by atoms with van der Waals surface area (Å²) < 4.78 is 32.2. The molecule has 2 rings (SSSR count). The summed E-state index contributed by atoms with van der Waals surface area (Å²) in [6, 6.07) is 1.03. The molecule has 1 aromatic heterocycles. The van der Waals surface area contributed by atoms with Crippen LogP contribution in [-0.4, -0.2) is 49.7 Å². The van der Waals surface area contributed by atoms with E-state index in [2.05, 4.69) is 0 Å². The maximum Gasteiger partial charge on any atom is 0.245 e. The first-order valence-corrected chi connectivity index (χ1v) is 8.56. The van der Waals surface area contributed by atoms with E-state index in [-0.39, 0.29) is 35.0 Å². The number of aliphatic hydroxyl groups excluding tert-OH is 1. The minimum atomic E-state index is -3.73. The van der Waals surface area contributed by atoms with Crippen molar-refractivity contribution < 1.29 is 18.3 Å². The van der Waals surface area contributed by atoms with Gasteiger partial charge in [-0.05, 0) is 13.0 Å². The van der Waals surface area contributed by atoms with Crippen LogP contribution in [-0.2, 0) is 14.8 Å². The van der Waals surface area contributed by atoms with Crippen molar-refractivity contribution in [2.45, 2.75) is 24.0 Å². The van der Waals surface area contributed by atoms with Gasteiger partial charge in [-0.1, -0.05) is 23.2 Å². The zero-order valence-electron chi connectivity index (χ0n) is 10.0. The molecule has 1 N–H and O–H groups in total. The summed E-state index contributed by atoms with van der Waals surface area (Å²) in [7, 11) is -3.73. The van der Waals surface area contributed by atoms with Crippen molar-refractivity contribution in [2.75, 3.05) is 19.8 Å². The number of thiophene rings is 1. The number of hydrogen-bond donors (Lipinski definition) is 1. The van der Waals surface area contributed by atoms with E-state index in [1.54, 1.807) is 6.92 Å². The van der Waals surface area contributed by atoms with Gasteiger partial charge in [-0.3, -0.25) is 0 Å². The number of rotatable bonds is 3. The van der Waals surface area contributed by atoms with Crippen LogP contribution in [0, 0.1) is 0 Å². The van der Waals surface area contributed by atoms with Gasteiger partial charge in [0.1, 0.15) is 9.23 Å². The minimum absolute atomic E-state index is 0.00889. The molecule has 2 unspecified atom stereocenters. The first kappa shape index (κ1) is 15.5. The van der Waals surface area contributed by atoms with Crippen molar-refractivity contribution in [2.24, 2.45) is 0 Å². The molecule has 2 heterocycles. The monoisotopic (exact) mass is 345 g/mol. The molecule has 0 aliphatic carbocycles. The van der Waals surface area contributed by atoms with Gasteiger partial charge in [0.05, 0.1) is 23.7 Å². The highest BCUT2D eigenvalue weighted by atomic mass is 35.5. The van der Waals surface area contributed by atoms with Gasteiger partial charge in [0.2, 0.25) is 10.0 Å². The lowest BCUT2D eigenvalue weighted by molar-refractivity contribution is -0.0516. The van der Waals surface area contributed by atoms with E-state index in [1.807, 2.05) is 0 Å². The molecule has 1 saturated heterocycles. The summed E-state index contributed by atoms with van der Waals surface area (Å²) in [4.78, 5) is 0.00889. The number of nitrogens with zero attached hydrogens (tertiary/aromatic N) is 1. The molecular formula is C10H13Cl2NO4S2. The summed E-state index contributed by atoms with van der Waals surface area (Å²) in [6.07, 6.45) is -0.515. The molecule has 9 heteroatoms. The summed E-state index contributed by atoms with van der Waals surface area (Å²) in [5, 5.41) is 9.10. The summed E-state index contributed by atoms with van der Waals surface area (Å²) in [6.45, 7) is 1.85. The Balaban J connectivity index is 2.35. The van der Waals surface area contributed by atoms with Crippen LogP contribution < -0.4 is 0 Å². The average molecular weight is 346 g/mol. The molecule has 1 aliphatic rings. The second-order valence-corrected chi connectivity index (χ2v) is 8.39. The predicted molar refractivity (Wildman–Crippen MR) is 74.5 cm³/mol. The van der Waals surface area contributed by atoms with Gasteiger partial charge in [0.15, 0.2) is 0 Å². The molecule has 1 aromatic rings. The number of morpholine rings is 1. The lowest BCUT2D eigenvalue weighted by Gasteiger charge is -2.36. The Morgan fingerprint density at radius 3 is 2.79 bits per heavy atom. The van der Waals surface area contributed by atoms with Gasteiger partial charge in [0, 0.05) is 12.6 Å². The quantitative estimate of drug-likeness (QED) is 0.907. The average Bonchev–Trinajstić information content (AvgIpc) is 2.69. The lowest BCUT2D eigenvalue weighted by atomic mass is 10.2. The molecular weight excluding hydrogens is 333 g/mol. The smallest absolute Gasteiger partial charge is 0.245 e. The van der Waals surface area contributed by atoms with Crippen molar-refractivity contribution in [1.82, 2.24) is 4.31 Å². The van der Waals surface area contributed by atoms with E-state index in [9.17, 15) is 8.42 Å². The van der Waals surface area contributed by atoms with E-state index < -0.39 is 16.1 Å². The fourth-order valence-corrected chi connectivity index (χ4v) is 5.63. The molecule has 0 radical (unpaired) electrons. The number of ether oxygens (including phenoxy) is 1. The molecule has 0 saturated carbocycles. The molecule has 0 amide bonds. The largest absolute Gasteiger partial charge is 0.394 e. The van der Waals surface area contributed by atoms with Crippen molar-refractivity contribution in [1.29, 1.82) is 0 Å². The van der Waals surface area contributed by atoms with E-state index in [1.165, 1.54) is 10.4 Å². The molecule has 0 spiro atoms. The second kappa shape index (κ2) is 5.85. The Kier molecular flexibility index (Phi) is 4.77. The van der Waals surface area contributed by atoms with E-state index >= 15 is 0 Å². The minimum Gasteiger partial charge on any atom is -0.394 e. The summed E-state index contributed by atoms with van der Waals surface area (Å²) in [5.41, 5.74) is 0. The predicted octanol–water partition coefficient (Wildman–Crippen LogP) is 1.83. The van der Waals surface area contributed by atoms with Crippen LogP contribution >= 0.6 is 34.5 Å². The second-order valence-electron chi connectivity index (χ2n) is 4.25. The highest BCUT2D eigenvalue weighted by molar-refractivity contribution is 7.89. The molecule has 0 aromatic carbocycles. The molecule has 5 nitrogen and oxygen atoms in total. The van der Waals surface area contributed by atoms with E-state index in [0.29, 0.717) is 4.34 Å². The van der Waals surface area contributed by atoms with Crippen LogP contribution in [0.3, 0.4) is 0 Å². The van der Waals surface area contributed by atoms with Crippen molar-refractivity contribution in [3.05, 3.63) is 14.7 Å². The van der Waals surface area contributed by atoms with Gasteiger partial charge >= 0.3 is 0 Å². The van der Waals surface area contributed by atoms with E-state index in [4.69, 9.17) is 33.0 Å². The Morgan fingerprint density at radius 1 is 1.58 bits per heavy atom. The van der Waals surface area contributed by atoms with Crippen LogP contribution in [0.1, 0.15) is 6.92 Å². The van der Waals surface area contributed by atoms with Gasteiger partial charge in [-0.2, -0.15) is 4.31 Å². The number of aliphatic hydroxyl groups is 1. The highest BCUT2D eigenvalue weighted by Gasteiger charge is 2.37. The van der Waals surface area contributed by atoms with Gasteiger partial charge in [-0.25, -0.2) is 8.42 Å². The standard InChI is InChI=1S/C10H13Cl2NO4S2/c1-6-5-17-7(4-14)3-13(6)19(15,16)8-2-9(11)18-10(8)12/h2,6-7,14H,3-5H2,1H3. The first-order chi connectivity index (χ1) is 8.86. The Bertz CT molecular complexity index is 560. The topological polar surface area (TPSA) is 66.8 Å². The fraction of sp³-hybridized carbons (Fsp3) is 0.600. The zero-order chi connectivity index (χ0) is 14.2. The van der Waals surface area contributed by atoms with Crippen LogP contribution in [0.25, 0.3) is 0 Å². The highest BCUT2D eigenvalue weighted by Crippen LogP contribution is 2.36. The summed E-state index contributed by atoms with van der Waals surface area (Å²) in [5.74, 6) is 0. The van der Waals surface area contributed by atoms with Gasteiger partial charge < -0.3 is 9.84 Å². The van der Waals surface area contributed by atoms with Crippen LogP contribution in [0.5, 0.6) is 0 Å². The van der Waals surface area contributed by atoms with Crippen LogP contribution in [0.15, 0.2) is 11.0 Å². The van der Waals surface area contributed by atoms with Crippen molar-refractivity contribution in [3.63, 3.8) is 0 Å². The van der Waals surface area contributed by atoms with Crippen molar-refractivity contribution in [3.8, 4) is 0 Å². The molecule has 1 aliphatic heterocycles.